The van der Waals surface area contributed by atoms with E-state index in [9.17, 15) is 14.4 Å². The van der Waals surface area contributed by atoms with Crippen LogP contribution in [0, 0.1) is 5.92 Å². The fourth-order valence-corrected chi connectivity index (χ4v) is 6.65. The van der Waals surface area contributed by atoms with Crippen LogP contribution in [0.1, 0.15) is 58.3 Å². The fraction of sp³-hybridized carbons (Fsp3) is 0.731. The zero-order valence-electron chi connectivity index (χ0n) is 21.0. The number of halogens is 2. The predicted octanol–water partition coefficient (Wildman–Crippen LogP) is 4.04. The van der Waals surface area contributed by atoms with E-state index in [0.29, 0.717) is 73.8 Å². The Hall–Kier alpha value is -1.22. The molecule has 2 saturated heterocycles. The molecule has 2 heterocycles. The topological polar surface area (TPSA) is 79.0 Å². The van der Waals surface area contributed by atoms with Crippen LogP contribution in [0.3, 0.4) is 0 Å². The molecule has 1 N–H and O–H groups in total. The zero-order chi connectivity index (χ0) is 25.7. The van der Waals surface area contributed by atoms with Crippen molar-refractivity contribution in [3.8, 4) is 0 Å². The number of piperazine rings is 1. The molecule has 3 unspecified atom stereocenters. The Kier molecular flexibility index (Phi) is 10.1. The van der Waals surface area contributed by atoms with Crippen LogP contribution in [0.25, 0.3) is 0 Å². The summed E-state index contributed by atoms with van der Waals surface area (Å²) in [6.45, 7) is 4.84. The quantitative estimate of drug-likeness (QED) is 0.340. The van der Waals surface area contributed by atoms with Gasteiger partial charge < -0.3 is 15.0 Å². The monoisotopic (exact) mass is 557 g/mol. The van der Waals surface area contributed by atoms with Gasteiger partial charge in [-0.15, -0.1) is 0 Å². The molecule has 0 aromatic heterocycles. The van der Waals surface area contributed by atoms with Gasteiger partial charge in [0.2, 0.25) is 11.8 Å². The first-order valence-electron chi connectivity index (χ1n) is 13.2. The molecule has 4 rings (SSSR count). The molecule has 0 radical (unpaired) electrons. The van der Waals surface area contributed by atoms with Gasteiger partial charge in [0, 0.05) is 59.7 Å². The van der Waals surface area contributed by atoms with Gasteiger partial charge >= 0.3 is 5.97 Å². The highest BCUT2D eigenvalue weighted by molar-refractivity contribution is 8.06. The number of thioether (sulfide) groups is 1. The van der Waals surface area contributed by atoms with Crippen molar-refractivity contribution in [2.75, 3.05) is 38.5 Å². The maximum atomic E-state index is 13.6. The van der Waals surface area contributed by atoms with Crippen molar-refractivity contribution >= 4 is 52.7 Å². The van der Waals surface area contributed by atoms with Crippen molar-refractivity contribution < 1.29 is 19.1 Å². The number of carbonyl (C=O) groups excluding carboxylic acids is 3. The normalized spacial score (nSPS) is 27.8. The molecule has 36 heavy (non-hydrogen) atoms. The molecule has 4 atom stereocenters. The molecule has 2 aliphatic carbocycles. The lowest BCUT2D eigenvalue weighted by atomic mass is 9.83. The molecule has 2 aliphatic heterocycles. The molecule has 2 amide bonds. The summed E-state index contributed by atoms with van der Waals surface area (Å²) in [5, 5.41) is 4.66. The first-order valence-corrected chi connectivity index (χ1v) is 15.0. The van der Waals surface area contributed by atoms with Gasteiger partial charge in [-0.25, -0.2) is 0 Å². The summed E-state index contributed by atoms with van der Waals surface area (Å²) in [7, 11) is 0. The average molecular weight is 559 g/mol. The van der Waals surface area contributed by atoms with Crippen molar-refractivity contribution in [3.05, 3.63) is 21.7 Å². The number of nitrogens with zero attached hydrogens (tertiary/aromatic N) is 2. The van der Waals surface area contributed by atoms with E-state index in [4.69, 9.17) is 27.9 Å². The number of allylic oxidation sites excluding steroid dienone is 3. The first-order chi connectivity index (χ1) is 17.4. The molecule has 200 valence electrons. The van der Waals surface area contributed by atoms with Crippen LogP contribution in [0.4, 0.5) is 0 Å². The molecule has 0 spiro atoms. The minimum absolute atomic E-state index is 0.0605. The Morgan fingerprint density at radius 2 is 1.86 bits per heavy atom. The molecule has 7 nitrogen and oxygen atoms in total. The van der Waals surface area contributed by atoms with Gasteiger partial charge in [0.1, 0.15) is 6.04 Å². The number of rotatable bonds is 9. The summed E-state index contributed by atoms with van der Waals surface area (Å²) >= 11 is 14.3. The van der Waals surface area contributed by atoms with Gasteiger partial charge in [-0.3, -0.25) is 19.3 Å². The third-order valence-electron chi connectivity index (χ3n) is 7.60. The van der Waals surface area contributed by atoms with Crippen LogP contribution in [0.2, 0.25) is 0 Å². The Labute approximate surface area is 228 Å². The third-order valence-corrected chi connectivity index (χ3v) is 9.25. The minimum atomic E-state index is -0.635. The number of ether oxygens (including phenoxy) is 1. The van der Waals surface area contributed by atoms with Gasteiger partial charge in [0.25, 0.3) is 0 Å². The van der Waals surface area contributed by atoms with E-state index in [1.807, 2.05) is 11.8 Å². The molecular weight excluding hydrogens is 521 g/mol. The van der Waals surface area contributed by atoms with Crippen LogP contribution < -0.4 is 5.32 Å². The SMILES string of the molecule is CCOC(=O)[C@@H]1CCCCC1N1CCN(C(=O)C(CC2=C(Cl)C=C(Cl)CC2)NC(=O)CC2CS2)CC1. The van der Waals surface area contributed by atoms with Crippen LogP contribution >= 0.6 is 35.0 Å². The molecule has 10 heteroatoms. The maximum Gasteiger partial charge on any atom is 0.310 e. The van der Waals surface area contributed by atoms with Crippen LogP contribution in [-0.2, 0) is 19.1 Å². The number of carbonyl (C=O) groups is 3. The second-order valence-electron chi connectivity index (χ2n) is 10.1. The second kappa shape index (κ2) is 13.0. The lowest BCUT2D eigenvalue weighted by molar-refractivity contribution is -0.153. The maximum absolute atomic E-state index is 13.6. The highest BCUT2D eigenvalue weighted by Crippen LogP contribution is 2.34. The average Bonchev–Trinajstić information content (AvgIpc) is 3.69. The fourth-order valence-electron chi connectivity index (χ4n) is 5.56. The first kappa shape index (κ1) is 27.8. The standard InChI is InChI=1S/C26H37Cl2N3O4S/c1-2-35-26(34)20-5-3-4-6-23(20)30-9-11-31(12-10-30)25(33)22(29-24(32)15-19-16-36-19)13-17-7-8-18(27)14-21(17)28/h14,19-20,22-23H,2-13,15-16H2,1H3,(H,29,32)/t19?,20-,22?,23?/m1/s1. The van der Waals surface area contributed by atoms with E-state index < -0.39 is 6.04 Å². The molecule has 4 aliphatic rings. The minimum Gasteiger partial charge on any atom is -0.466 e. The summed E-state index contributed by atoms with van der Waals surface area (Å²) in [5.74, 6) is 0.678. The predicted molar refractivity (Wildman–Crippen MR) is 144 cm³/mol. The Bertz CT molecular complexity index is 900. The molecule has 1 saturated carbocycles. The van der Waals surface area contributed by atoms with Gasteiger partial charge in [-0.05, 0) is 50.7 Å². The van der Waals surface area contributed by atoms with Gasteiger partial charge in [0.15, 0.2) is 0 Å². The highest BCUT2D eigenvalue weighted by Gasteiger charge is 2.38. The zero-order valence-corrected chi connectivity index (χ0v) is 23.3. The smallest absolute Gasteiger partial charge is 0.310 e. The number of amides is 2. The summed E-state index contributed by atoms with van der Waals surface area (Å²) in [4.78, 5) is 43.0. The number of hydrogen-bond donors (Lipinski definition) is 1. The second-order valence-corrected chi connectivity index (χ2v) is 12.3. The van der Waals surface area contributed by atoms with Crippen LogP contribution in [-0.4, -0.2) is 83.5 Å². The van der Waals surface area contributed by atoms with Crippen molar-refractivity contribution in [3.63, 3.8) is 0 Å². The lowest BCUT2D eigenvalue weighted by Gasteiger charge is -2.44. The molecule has 0 bridgehead atoms. The van der Waals surface area contributed by atoms with Crippen LogP contribution in [0.5, 0.6) is 0 Å². The van der Waals surface area contributed by atoms with E-state index in [2.05, 4.69) is 10.2 Å². The summed E-state index contributed by atoms with van der Waals surface area (Å²) in [5.41, 5.74) is 0.957. The van der Waals surface area contributed by atoms with Gasteiger partial charge in [0.05, 0.1) is 12.5 Å². The Morgan fingerprint density at radius 1 is 1.14 bits per heavy atom. The number of hydrogen-bond acceptors (Lipinski definition) is 6. The number of nitrogens with one attached hydrogen (secondary N) is 1. The largest absolute Gasteiger partial charge is 0.466 e. The molecular formula is C26H37Cl2N3O4S. The highest BCUT2D eigenvalue weighted by atomic mass is 35.5. The molecule has 3 fully saturated rings. The lowest BCUT2D eigenvalue weighted by Crippen LogP contribution is -2.58. The van der Waals surface area contributed by atoms with Gasteiger partial charge in [-0.1, -0.05) is 36.0 Å². The Morgan fingerprint density at radius 3 is 2.53 bits per heavy atom. The van der Waals surface area contributed by atoms with E-state index in [1.165, 1.54) is 0 Å². The van der Waals surface area contributed by atoms with E-state index >= 15 is 0 Å². The summed E-state index contributed by atoms with van der Waals surface area (Å²) in [6, 6.07) is -0.465. The summed E-state index contributed by atoms with van der Waals surface area (Å²) < 4.78 is 5.35. The van der Waals surface area contributed by atoms with E-state index in [1.54, 1.807) is 17.8 Å². The van der Waals surface area contributed by atoms with Crippen molar-refractivity contribution in [1.82, 2.24) is 15.1 Å². The summed E-state index contributed by atoms with van der Waals surface area (Å²) in [6.07, 6.45) is 7.99. The van der Waals surface area contributed by atoms with Crippen LogP contribution in [0.15, 0.2) is 21.7 Å². The third kappa shape index (κ3) is 7.42. The van der Waals surface area contributed by atoms with Gasteiger partial charge in [-0.2, -0.15) is 11.8 Å². The van der Waals surface area contributed by atoms with Crippen molar-refractivity contribution in [1.29, 1.82) is 0 Å². The van der Waals surface area contributed by atoms with E-state index in [0.717, 1.165) is 37.0 Å². The number of esters is 1. The Balaban J connectivity index is 1.39. The van der Waals surface area contributed by atoms with Crippen molar-refractivity contribution in [2.24, 2.45) is 5.92 Å². The molecule has 0 aromatic carbocycles. The molecule has 0 aromatic rings. The van der Waals surface area contributed by atoms with Crippen molar-refractivity contribution in [2.45, 2.75) is 75.6 Å². The van der Waals surface area contributed by atoms with E-state index in [-0.39, 0.29) is 29.7 Å².